The summed E-state index contributed by atoms with van der Waals surface area (Å²) in [5, 5.41) is 0.602. The molecule has 17 heavy (non-hydrogen) atoms. The minimum Gasteiger partial charge on any atom is -0.0961 e. The molecule has 0 N–H and O–H groups in total. The maximum absolute atomic E-state index is 5.94. The Morgan fingerprint density at radius 2 is 1.35 bits per heavy atom. The summed E-state index contributed by atoms with van der Waals surface area (Å²) >= 11 is 5.94. The van der Waals surface area contributed by atoms with Gasteiger partial charge in [-0.25, -0.2) is 0 Å². The molecule has 0 saturated carbocycles. The Kier molecular flexibility index (Phi) is 10.6. The van der Waals surface area contributed by atoms with E-state index in [4.69, 9.17) is 11.6 Å². The molecule has 0 aliphatic carbocycles. The third-order valence-electron chi connectivity index (χ3n) is 1.69. The molecule has 1 heteroatoms. The van der Waals surface area contributed by atoms with Crippen LogP contribution in [0.3, 0.4) is 0 Å². The van der Waals surface area contributed by atoms with Crippen LogP contribution in [0.5, 0.6) is 0 Å². The van der Waals surface area contributed by atoms with Gasteiger partial charge in [-0.1, -0.05) is 69.5 Å². The van der Waals surface area contributed by atoms with Crippen molar-refractivity contribution in [3.05, 3.63) is 71.9 Å². The van der Waals surface area contributed by atoms with Crippen LogP contribution in [-0.2, 0) is 0 Å². The Bertz CT molecular complexity index is 365. The van der Waals surface area contributed by atoms with Gasteiger partial charge >= 0.3 is 0 Å². The van der Waals surface area contributed by atoms with Crippen LogP contribution in [0.15, 0.2) is 71.9 Å². The summed E-state index contributed by atoms with van der Waals surface area (Å²) in [5.74, 6) is 0. The van der Waals surface area contributed by atoms with E-state index in [-0.39, 0.29) is 0 Å². The average molecular weight is 251 g/mol. The zero-order chi connectivity index (χ0) is 14.0. The summed E-state index contributed by atoms with van der Waals surface area (Å²) < 4.78 is 0. The molecular weight excluding hydrogens is 228 g/mol. The minimum atomic E-state index is 0.602. The zero-order valence-electron chi connectivity index (χ0n) is 11.4. The monoisotopic (exact) mass is 250 g/mol. The molecule has 0 spiro atoms. The predicted octanol–water partition coefficient (Wildman–Crippen LogP) is 5.96. The van der Waals surface area contributed by atoms with E-state index in [0.29, 0.717) is 5.03 Å². The second-order valence-corrected chi connectivity index (χ2v) is 3.91. The highest BCUT2D eigenvalue weighted by Crippen LogP contribution is 2.18. The molecule has 0 heterocycles. The molecule has 0 radical (unpaired) electrons. The van der Waals surface area contributed by atoms with Crippen LogP contribution < -0.4 is 0 Å². The van der Waals surface area contributed by atoms with Crippen molar-refractivity contribution in [1.82, 2.24) is 0 Å². The van der Waals surface area contributed by atoms with Gasteiger partial charge in [0.25, 0.3) is 0 Å². The van der Waals surface area contributed by atoms with E-state index < -0.39 is 0 Å². The van der Waals surface area contributed by atoms with Crippen molar-refractivity contribution >= 4 is 11.6 Å². The standard InChI is InChI=1S/C14H17Cl.C2H6/c1-10(2)7-8-12(5)13(6)9-14(15)11(3)4;1-2/h7-9H,1,3,5-6H2,2,4H3;1-2H3/b8-7-,14-9+;. The maximum atomic E-state index is 5.94. The molecule has 0 fully saturated rings. The number of rotatable bonds is 5. The molecule has 0 aliphatic rings. The average Bonchev–Trinajstić information content (AvgIpc) is 2.28. The van der Waals surface area contributed by atoms with Gasteiger partial charge in [0.05, 0.1) is 0 Å². The third-order valence-corrected chi connectivity index (χ3v) is 2.12. The molecule has 0 aromatic heterocycles. The van der Waals surface area contributed by atoms with Crippen LogP contribution in [-0.4, -0.2) is 0 Å². The Labute approximate surface area is 111 Å². The SMILES string of the molecule is C=C(C)/C=C\C(=C)C(=C)/C=C(/Cl)C(=C)C.CC. The summed E-state index contributed by atoms with van der Waals surface area (Å²) in [6.07, 6.45) is 5.51. The van der Waals surface area contributed by atoms with Gasteiger partial charge in [0, 0.05) is 5.03 Å². The first-order valence-electron chi connectivity index (χ1n) is 5.59. The van der Waals surface area contributed by atoms with Gasteiger partial charge in [-0.3, -0.25) is 0 Å². The quantitative estimate of drug-likeness (QED) is 0.529. The van der Waals surface area contributed by atoms with E-state index >= 15 is 0 Å². The van der Waals surface area contributed by atoms with Crippen molar-refractivity contribution in [2.24, 2.45) is 0 Å². The Morgan fingerprint density at radius 3 is 1.71 bits per heavy atom. The molecule has 0 aromatic carbocycles. The summed E-state index contributed by atoms with van der Waals surface area (Å²) in [7, 11) is 0. The summed E-state index contributed by atoms with van der Waals surface area (Å²) in [5.41, 5.74) is 3.38. The third kappa shape index (κ3) is 9.65. The van der Waals surface area contributed by atoms with Gasteiger partial charge in [-0.2, -0.15) is 0 Å². The first kappa shape index (κ1) is 18.1. The summed E-state index contributed by atoms with van der Waals surface area (Å²) in [4.78, 5) is 0. The maximum Gasteiger partial charge on any atom is 0.0435 e. The van der Waals surface area contributed by atoms with Crippen LogP contribution in [0.2, 0.25) is 0 Å². The van der Waals surface area contributed by atoms with Crippen molar-refractivity contribution in [1.29, 1.82) is 0 Å². The summed E-state index contributed by atoms with van der Waals surface area (Å²) in [6.45, 7) is 23.0. The second kappa shape index (κ2) is 9.92. The highest BCUT2D eigenvalue weighted by molar-refractivity contribution is 6.32. The Morgan fingerprint density at radius 1 is 0.882 bits per heavy atom. The van der Waals surface area contributed by atoms with Gasteiger partial charge < -0.3 is 0 Å². The lowest BCUT2D eigenvalue weighted by Gasteiger charge is -2.01. The van der Waals surface area contributed by atoms with Crippen LogP contribution >= 0.6 is 11.6 Å². The largest absolute Gasteiger partial charge is 0.0961 e. The van der Waals surface area contributed by atoms with E-state index in [1.807, 2.05) is 39.8 Å². The molecule has 0 nitrogen and oxygen atoms in total. The zero-order valence-corrected chi connectivity index (χ0v) is 12.2. The van der Waals surface area contributed by atoms with Crippen molar-refractivity contribution in [2.75, 3.05) is 0 Å². The topological polar surface area (TPSA) is 0 Å². The summed E-state index contributed by atoms with van der Waals surface area (Å²) in [6, 6.07) is 0. The molecule has 0 bridgehead atoms. The van der Waals surface area contributed by atoms with E-state index in [1.165, 1.54) is 0 Å². The Balaban J connectivity index is 0. The van der Waals surface area contributed by atoms with E-state index in [2.05, 4.69) is 26.3 Å². The normalized spacial score (nSPS) is 10.5. The van der Waals surface area contributed by atoms with E-state index in [9.17, 15) is 0 Å². The van der Waals surface area contributed by atoms with Gasteiger partial charge in [0.1, 0.15) is 0 Å². The van der Waals surface area contributed by atoms with Gasteiger partial charge in [-0.05, 0) is 36.6 Å². The fraction of sp³-hybridized carbons (Fsp3) is 0.250. The molecule has 0 atom stereocenters. The highest BCUT2D eigenvalue weighted by Gasteiger charge is 1.96. The molecule has 0 saturated heterocycles. The molecule has 0 aliphatic heterocycles. The molecule has 94 valence electrons. The number of allylic oxidation sites excluding steroid dienone is 8. The number of hydrogen-bond donors (Lipinski definition) is 0. The van der Waals surface area contributed by atoms with Gasteiger partial charge in [-0.15, -0.1) is 0 Å². The van der Waals surface area contributed by atoms with Crippen LogP contribution in [0.4, 0.5) is 0 Å². The van der Waals surface area contributed by atoms with Crippen molar-refractivity contribution in [3.63, 3.8) is 0 Å². The lowest BCUT2D eigenvalue weighted by molar-refractivity contribution is 1.48. The first-order valence-corrected chi connectivity index (χ1v) is 5.97. The molecule has 0 amide bonds. The number of hydrogen-bond acceptors (Lipinski definition) is 0. The minimum absolute atomic E-state index is 0.602. The first-order chi connectivity index (χ1) is 7.84. The van der Waals surface area contributed by atoms with E-state index in [1.54, 1.807) is 6.08 Å². The molecule has 0 rings (SSSR count). The van der Waals surface area contributed by atoms with Gasteiger partial charge in [0.15, 0.2) is 0 Å². The predicted molar refractivity (Wildman–Crippen MR) is 82.3 cm³/mol. The molecule has 0 unspecified atom stereocenters. The fourth-order valence-electron chi connectivity index (χ4n) is 0.719. The highest BCUT2D eigenvalue weighted by atomic mass is 35.5. The Hall–Kier alpha value is -1.27. The van der Waals surface area contributed by atoms with Crippen molar-refractivity contribution < 1.29 is 0 Å². The van der Waals surface area contributed by atoms with Crippen molar-refractivity contribution in [3.8, 4) is 0 Å². The second-order valence-electron chi connectivity index (χ2n) is 3.50. The lowest BCUT2D eigenvalue weighted by Crippen LogP contribution is -1.81. The van der Waals surface area contributed by atoms with Gasteiger partial charge in [0.2, 0.25) is 0 Å². The van der Waals surface area contributed by atoms with E-state index in [0.717, 1.165) is 22.3 Å². The van der Waals surface area contributed by atoms with Crippen LogP contribution in [0.1, 0.15) is 27.7 Å². The van der Waals surface area contributed by atoms with Crippen molar-refractivity contribution in [2.45, 2.75) is 27.7 Å². The van der Waals surface area contributed by atoms with Crippen LogP contribution in [0, 0.1) is 0 Å². The molecular formula is C16H23Cl. The van der Waals surface area contributed by atoms with Crippen LogP contribution in [0.25, 0.3) is 0 Å². The molecule has 0 aromatic rings. The fourth-order valence-corrected chi connectivity index (χ4v) is 0.850. The lowest BCUT2D eigenvalue weighted by atomic mass is 10.1. The number of halogens is 1. The smallest absolute Gasteiger partial charge is 0.0435 e.